The first-order valence-electron chi connectivity index (χ1n) is 9.51. The fraction of sp³-hybridized carbons (Fsp3) is 0.650. The summed E-state index contributed by atoms with van der Waals surface area (Å²) in [6.45, 7) is 7.46. The first-order chi connectivity index (χ1) is 12.0. The van der Waals surface area contributed by atoms with Crippen molar-refractivity contribution in [2.24, 2.45) is 4.99 Å². The van der Waals surface area contributed by atoms with Gasteiger partial charge >= 0.3 is 0 Å². The monoisotopic (exact) mass is 346 g/mol. The van der Waals surface area contributed by atoms with Gasteiger partial charge in [0.1, 0.15) is 0 Å². The lowest BCUT2D eigenvalue weighted by Gasteiger charge is -2.35. The van der Waals surface area contributed by atoms with Gasteiger partial charge in [-0.25, -0.2) is 0 Å². The summed E-state index contributed by atoms with van der Waals surface area (Å²) in [5.41, 5.74) is 0.777. The van der Waals surface area contributed by atoms with E-state index in [1.807, 2.05) is 0 Å². The average Bonchev–Trinajstić information content (AvgIpc) is 2.58. The van der Waals surface area contributed by atoms with E-state index in [1.165, 1.54) is 5.56 Å². The molecular formula is C20H34N4O. The fourth-order valence-electron chi connectivity index (χ4n) is 2.96. The first-order valence-corrected chi connectivity index (χ1v) is 9.51. The molecule has 1 fully saturated rings. The molecule has 1 atom stereocenters. The van der Waals surface area contributed by atoms with E-state index in [1.54, 1.807) is 0 Å². The Labute approximate surface area is 152 Å². The molecule has 0 spiro atoms. The van der Waals surface area contributed by atoms with E-state index >= 15 is 0 Å². The summed E-state index contributed by atoms with van der Waals surface area (Å²) in [4.78, 5) is 6.92. The number of hydrogen-bond acceptors (Lipinski definition) is 3. The largest absolute Gasteiger partial charge is 0.388 e. The summed E-state index contributed by atoms with van der Waals surface area (Å²) < 4.78 is 0. The van der Waals surface area contributed by atoms with Crippen molar-refractivity contribution in [3.05, 3.63) is 35.9 Å². The number of hydrogen-bond donors (Lipinski definition) is 3. The van der Waals surface area contributed by atoms with Gasteiger partial charge in [-0.2, -0.15) is 0 Å². The van der Waals surface area contributed by atoms with E-state index in [2.05, 4.69) is 71.8 Å². The van der Waals surface area contributed by atoms with Gasteiger partial charge in [-0.05, 0) is 52.1 Å². The highest BCUT2D eigenvalue weighted by atomic mass is 16.3. The zero-order valence-electron chi connectivity index (χ0n) is 16.0. The van der Waals surface area contributed by atoms with Crippen LogP contribution in [0.5, 0.6) is 0 Å². The van der Waals surface area contributed by atoms with Crippen molar-refractivity contribution in [1.29, 1.82) is 0 Å². The van der Waals surface area contributed by atoms with Crippen molar-refractivity contribution in [2.45, 2.75) is 57.7 Å². The molecule has 0 bridgehead atoms. The molecule has 0 aromatic heterocycles. The molecule has 0 radical (unpaired) electrons. The maximum absolute atomic E-state index is 10.2. The van der Waals surface area contributed by atoms with Crippen LogP contribution in [0.15, 0.2) is 35.3 Å². The summed E-state index contributed by atoms with van der Waals surface area (Å²) in [5, 5.41) is 16.8. The topological polar surface area (TPSA) is 59.9 Å². The van der Waals surface area contributed by atoms with Crippen LogP contribution in [0.2, 0.25) is 0 Å². The second-order valence-electron chi connectivity index (χ2n) is 7.24. The van der Waals surface area contributed by atoms with E-state index in [0.29, 0.717) is 12.6 Å². The van der Waals surface area contributed by atoms with Crippen molar-refractivity contribution < 1.29 is 5.11 Å². The standard InChI is InChI=1S/C20H34N4O/c1-4-21-19(23-16-20(25)12-8-13-20)22-14-11-17(2)24(3)15-18-9-6-5-7-10-18/h5-7,9-10,17,25H,4,8,11-16H2,1-3H3,(H2,21,22,23). The zero-order valence-corrected chi connectivity index (χ0v) is 16.0. The molecule has 5 nitrogen and oxygen atoms in total. The predicted octanol–water partition coefficient (Wildman–Crippen LogP) is 2.37. The number of aliphatic imine (C=N–C) groups is 1. The first kappa shape index (κ1) is 19.7. The summed E-state index contributed by atoms with van der Waals surface area (Å²) in [6, 6.07) is 11.0. The van der Waals surface area contributed by atoms with Gasteiger partial charge in [0, 0.05) is 25.7 Å². The van der Waals surface area contributed by atoms with Gasteiger partial charge in [0.15, 0.2) is 5.96 Å². The summed E-state index contributed by atoms with van der Waals surface area (Å²) in [7, 11) is 2.17. The van der Waals surface area contributed by atoms with E-state index in [0.717, 1.165) is 51.3 Å². The average molecular weight is 347 g/mol. The highest BCUT2D eigenvalue weighted by Crippen LogP contribution is 2.31. The molecule has 5 heteroatoms. The number of nitrogens with zero attached hydrogens (tertiary/aromatic N) is 2. The van der Waals surface area contributed by atoms with Crippen LogP contribution in [0, 0.1) is 0 Å². The van der Waals surface area contributed by atoms with Crippen LogP contribution in [0.3, 0.4) is 0 Å². The fourth-order valence-corrected chi connectivity index (χ4v) is 2.96. The molecule has 1 aliphatic carbocycles. The van der Waals surface area contributed by atoms with Crippen LogP contribution >= 0.6 is 0 Å². The SMILES string of the molecule is CCNC(=NCC1(O)CCC1)NCCC(C)N(C)Cc1ccccc1. The van der Waals surface area contributed by atoms with Crippen LogP contribution in [0.1, 0.15) is 45.1 Å². The van der Waals surface area contributed by atoms with Crippen molar-refractivity contribution in [3.8, 4) is 0 Å². The lowest BCUT2D eigenvalue weighted by Crippen LogP contribution is -2.44. The van der Waals surface area contributed by atoms with Crippen molar-refractivity contribution in [2.75, 3.05) is 26.7 Å². The van der Waals surface area contributed by atoms with Crippen LogP contribution in [-0.4, -0.2) is 54.3 Å². The molecule has 1 aromatic carbocycles. The third kappa shape index (κ3) is 6.67. The molecule has 3 N–H and O–H groups in total. The summed E-state index contributed by atoms with van der Waals surface area (Å²) >= 11 is 0. The molecule has 1 aliphatic rings. The Bertz CT molecular complexity index is 528. The molecule has 2 rings (SSSR count). The lowest BCUT2D eigenvalue weighted by molar-refractivity contribution is -0.0236. The Hall–Kier alpha value is -1.59. The van der Waals surface area contributed by atoms with E-state index in [-0.39, 0.29) is 0 Å². The third-order valence-corrected chi connectivity index (χ3v) is 5.04. The number of aliphatic hydroxyl groups is 1. The van der Waals surface area contributed by atoms with Crippen LogP contribution < -0.4 is 10.6 Å². The number of nitrogens with one attached hydrogen (secondary N) is 2. The molecule has 1 saturated carbocycles. The van der Waals surface area contributed by atoms with Crippen LogP contribution in [0.25, 0.3) is 0 Å². The van der Waals surface area contributed by atoms with Gasteiger partial charge in [-0.1, -0.05) is 30.3 Å². The lowest BCUT2D eigenvalue weighted by atomic mass is 9.80. The third-order valence-electron chi connectivity index (χ3n) is 5.04. The highest BCUT2D eigenvalue weighted by molar-refractivity contribution is 5.79. The van der Waals surface area contributed by atoms with E-state index in [9.17, 15) is 5.11 Å². The molecule has 0 saturated heterocycles. The van der Waals surface area contributed by atoms with Crippen molar-refractivity contribution in [1.82, 2.24) is 15.5 Å². The molecule has 25 heavy (non-hydrogen) atoms. The van der Waals surface area contributed by atoms with Gasteiger partial charge in [0.25, 0.3) is 0 Å². The smallest absolute Gasteiger partial charge is 0.191 e. The van der Waals surface area contributed by atoms with Crippen molar-refractivity contribution >= 4 is 5.96 Å². The molecular weight excluding hydrogens is 312 g/mol. The minimum absolute atomic E-state index is 0.478. The summed E-state index contributed by atoms with van der Waals surface area (Å²) in [5.74, 6) is 0.806. The molecule has 140 valence electrons. The Balaban J connectivity index is 1.73. The zero-order chi connectivity index (χ0) is 18.1. The van der Waals surface area contributed by atoms with Crippen LogP contribution in [0.4, 0.5) is 0 Å². The maximum atomic E-state index is 10.2. The Morgan fingerprint density at radius 3 is 2.60 bits per heavy atom. The van der Waals surface area contributed by atoms with Gasteiger partial charge < -0.3 is 15.7 Å². The normalized spacial score (nSPS) is 17.9. The Morgan fingerprint density at radius 2 is 2.00 bits per heavy atom. The Morgan fingerprint density at radius 1 is 1.28 bits per heavy atom. The van der Waals surface area contributed by atoms with Gasteiger partial charge in [-0.15, -0.1) is 0 Å². The van der Waals surface area contributed by atoms with Gasteiger partial charge in [0.2, 0.25) is 0 Å². The molecule has 0 aliphatic heterocycles. The van der Waals surface area contributed by atoms with E-state index < -0.39 is 5.60 Å². The predicted molar refractivity (Wildman–Crippen MR) is 105 cm³/mol. The quantitative estimate of drug-likeness (QED) is 0.475. The van der Waals surface area contributed by atoms with E-state index in [4.69, 9.17) is 0 Å². The van der Waals surface area contributed by atoms with Gasteiger partial charge in [0.05, 0.1) is 12.1 Å². The van der Waals surface area contributed by atoms with Crippen LogP contribution in [-0.2, 0) is 6.54 Å². The minimum atomic E-state index is -0.564. The van der Waals surface area contributed by atoms with Gasteiger partial charge in [-0.3, -0.25) is 9.89 Å². The number of guanidine groups is 1. The molecule has 0 heterocycles. The second kappa shape index (κ2) is 9.78. The van der Waals surface area contributed by atoms with Crippen molar-refractivity contribution in [3.63, 3.8) is 0 Å². The summed E-state index contributed by atoms with van der Waals surface area (Å²) in [6.07, 6.45) is 3.90. The highest BCUT2D eigenvalue weighted by Gasteiger charge is 2.34. The minimum Gasteiger partial charge on any atom is -0.388 e. The molecule has 1 aromatic rings. The second-order valence-corrected chi connectivity index (χ2v) is 7.24. The maximum Gasteiger partial charge on any atom is 0.191 e. The number of rotatable bonds is 9. The molecule has 0 amide bonds. The molecule has 1 unspecified atom stereocenters. The Kier molecular flexibility index (Phi) is 7.72. The number of benzene rings is 1.